The summed E-state index contributed by atoms with van der Waals surface area (Å²) in [6.45, 7) is 3.17. The Morgan fingerprint density at radius 3 is 2.59 bits per heavy atom. The first-order valence-electron chi connectivity index (χ1n) is 8.78. The molecular weight excluding hydrogens is 371 g/mol. The van der Waals surface area contributed by atoms with Gasteiger partial charge in [0.05, 0.1) is 6.61 Å². The zero-order valence-electron chi connectivity index (χ0n) is 14.9. The van der Waals surface area contributed by atoms with Gasteiger partial charge in [-0.2, -0.15) is 0 Å². The maximum atomic E-state index is 13.2. The summed E-state index contributed by atoms with van der Waals surface area (Å²) in [7, 11) is 0. The van der Waals surface area contributed by atoms with Crippen LogP contribution in [0.4, 0.5) is 9.18 Å². The number of piperidine rings is 1. The van der Waals surface area contributed by atoms with Gasteiger partial charge in [-0.15, -0.1) is 0 Å². The van der Waals surface area contributed by atoms with Crippen LogP contribution in [0.3, 0.4) is 0 Å². The van der Waals surface area contributed by atoms with E-state index in [0.29, 0.717) is 48.7 Å². The highest BCUT2D eigenvalue weighted by Gasteiger charge is 2.25. The van der Waals surface area contributed by atoms with Crippen molar-refractivity contribution < 1.29 is 18.7 Å². The maximum Gasteiger partial charge on any atom is 0.409 e. The number of aromatic amines is 1. The van der Waals surface area contributed by atoms with Crippen molar-refractivity contribution >= 4 is 24.2 Å². The lowest BCUT2D eigenvalue weighted by atomic mass is 10.1. The zero-order chi connectivity index (χ0) is 19.4. The van der Waals surface area contributed by atoms with Gasteiger partial charge in [-0.1, -0.05) is 0 Å². The van der Waals surface area contributed by atoms with Crippen LogP contribution in [0.15, 0.2) is 30.5 Å². The van der Waals surface area contributed by atoms with Crippen molar-refractivity contribution in [2.45, 2.75) is 25.8 Å². The molecule has 0 atom stereocenters. The number of imidazole rings is 1. The number of H-pyrrole nitrogens is 1. The third-order valence-electron chi connectivity index (χ3n) is 4.45. The smallest absolute Gasteiger partial charge is 0.409 e. The number of carbonyl (C=O) groups excluding carboxylic acids is 2. The molecule has 2 N–H and O–H groups in total. The van der Waals surface area contributed by atoms with Gasteiger partial charge in [0.15, 0.2) is 4.77 Å². The minimum atomic E-state index is -0.361. The van der Waals surface area contributed by atoms with Crippen LogP contribution in [-0.2, 0) is 4.74 Å². The zero-order valence-corrected chi connectivity index (χ0v) is 15.7. The van der Waals surface area contributed by atoms with Gasteiger partial charge >= 0.3 is 6.09 Å². The van der Waals surface area contributed by atoms with Gasteiger partial charge in [0.25, 0.3) is 5.91 Å². The molecule has 0 bridgehead atoms. The SMILES string of the molecule is CCOC(=O)N1CCC(NC(=O)c2c[nH]c(=S)n2-c2ccc(F)cc2)CC1. The van der Waals surface area contributed by atoms with Crippen LogP contribution >= 0.6 is 12.2 Å². The van der Waals surface area contributed by atoms with E-state index in [1.54, 1.807) is 28.5 Å². The number of nitrogens with one attached hydrogen (secondary N) is 2. The molecule has 1 saturated heterocycles. The number of nitrogens with zero attached hydrogens (tertiary/aromatic N) is 2. The van der Waals surface area contributed by atoms with E-state index in [-0.39, 0.29) is 23.9 Å². The summed E-state index contributed by atoms with van der Waals surface area (Å²) in [6.07, 6.45) is 2.51. The van der Waals surface area contributed by atoms with Crippen molar-refractivity contribution in [3.63, 3.8) is 0 Å². The number of halogens is 1. The molecule has 2 aromatic rings. The van der Waals surface area contributed by atoms with Crippen molar-refractivity contribution in [3.8, 4) is 5.69 Å². The van der Waals surface area contributed by atoms with Gasteiger partial charge in [0.2, 0.25) is 0 Å². The van der Waals surface area contributed by atoms with Crippen molar-refractivity contribution in [2.75, 3.05) is 19.7 Å². The van der Waals surface area contributed by atoms with Gasteiger partial charge in [-0.3, -0.25) is 9.36 Å². The molecule has 7 nitrogen and oxygen atoms in total. The summed E-state index contributed by atoms with van der Waals surface area (Å²) in [5.74, 6) is -0.638. The third-order valence-corrected chi connectivity index (χ3v) is 4.75. The van der Waals surface area contributed by atoms with Gasteiger partial charge in [-0.05, 0) is 56.2 Å². The normalized spacial score (nSPS) is 14.8. The fraction of sp³-hybridized carbons (Fsp3) is 0.389. The largest absolute Gasteiger partial charge is 0.450 e. The summed E-state index contributed by atoms with van der Waals surface area (Å²) >= 11 is 5.26. The van der Waals surface area contributed by atoms with Crippen LogP contribution in [0.25, 0.3) is 5.69 Å². The highest BCUT2D eigenvalue weighted by atomic mass is 32.1. The Labute approximate surface area is 161 Å². The maximum absolute atomic E-state index is 13.2. The van der Waals surface area contributed by atoms with E-state index in [1.807, 2.05) is 0 Å². The Hall–Kier alpha value is -2.68. The second kappa shape index (κ2) is 8.34. The number of likely N-dealkylation sites (tertiary alicyclic amines) is 1. The van der Waals surface area contributed by atoms with Crippen molar-refractivity contribution in [2.24, 2.45) is 0 Å². The van der Waals surface area contributed by atoms with Gasteiger partial charge in [-0.25, -0.2) is 9.18 Å². The number of benzene rings is 1. The summed E-state index contributed by atoms with van der Waals surface area (Å²) in [5.41, 5.74) is 0.948. The summed E-state index contributed by atoms with van der Waals surface area (Å²) in [5, 5.41) is 2.98. The molecule has 0 unspecified atom stereocenters. The van der Waals surface area contributed by atoms with E-state index in [4.69, 9.17) is 17.0 Å². The predicted molar refractivity (Wildman–Crippen MR) is 100.0 cm³/mol. The lowest BCUT2D eigenvalue weighted by molar-refractivity contribution is 0.0855. The number of aromatic nitrogens is 2. The second-order valence-electron chi connectivity index (χ2n) is 6.22. The Kier molecular flexibility index (Phi) is 5.90. The first kappa shape index (κ1) is 19.1. The number of hydrogen-bond acceptors (Lipinski definition) is 4. The molecule has 1 fully saturated rings. The van der Waals surface area contributed by atoms with Gasteiger partial charge in [0, 0.05) is 31.0 Å². The van der Waals surface area contributed by atoms with E-state index in [2.05, 4.69) is 10.3 Å². The molecule has 0 radical (unpaired) electrons. The molecule has 1 aliphatic rings. The minimum Gasteiger partial charge on any atom is -0.450 e. The lowest BCUT2D eigenvalue weighted by Gasteiger charge is -2.31. The summed E-state index contributed by atoms with van der Waals surface area (Å²) in [4.78, 5) is 29.0. The average molecular weight is 392 g/mol. The van der Waals surface area contributed by atoms with Crippen LogP contribution in [0.1, 0.15) is 30.3 Å². The lowest BCUT2D eigenvalue weighted by Crippen LogP contribution is -2.47. The highest BCUT2D eigenvalue weighted by Crippen LogP contribution is 2.16. The van der Waals surface area contributed by atoms with Crippen molar-refractivity contribution in [3.05, 3.63) is 46.7 Å². The minimum absolute atomic E-state index is 0.0479. The first-order valence-corrected chi connectivity index (χ1v) is 9.19. The Balaban J connectivity index is 1.67. The molecule has 3 rings (SSSR count). The molecule has 1 aromatic heterocycles. The van der Waals surface area contributed by atoms with Crippen molar-refractivity contribution in [1.29, 1.82) is 0 Å². The van der Waals surface area contributed by atoms with Crippen LogP contribution in [0.5, 0.6) is 0 Å². The molecule has 27 heavy (non-hydrogen) atoms. The molecule has 1 aromatic carbocycles. The Morgan fingerprint density at radius 2 is 1.96 bits per heavy atom. The van der Waals surface area contributed by atoms with Crippen molar-refractivity contribution in [1.82, 2.24) is 19.8 Å². The molecule has 9 heteroatoms. The van der Waals surface area contributed by atoms with E-state index < -0.39 is 0 Å². The fourth-order valence-electron chi connectivity index (χ4n) is 3.06. The number of carbonyl (C=O) groups is 2. The molecule has 144 valence electrons. The average Bonchev–Trinajstić information content (AvgIpc) is 3.05. The van der Waals surface area contributed by atoms with E-state index in [9.17, 15) is 14.0 Å². The summed E-state index contributed by atoms with van der Waals surface area (Å²) < 4.78 is 20.1. The number of amides is 2. The fourth-order valence-corrected chi connectivity index (χ4v) is 3.33. The molecule has 0 spiro atoms. The van der Waals surface area contributed by atoms with E-state index in [1.165, 1.54) is 18.3 Å². The molecule has 0 aliphatic carbocycles. The van der Waals surface area contributed by atoms with Crippen LogP contribution in [-0.4, -0.2) is 52.2 Å². The van der Waals surface area contributed by atoms with E-state index >= 15 is 0 Å². The number of rotatable bonds is 4. The molecule has 0 saturated carbocycles. The molecule has 2 amide bonds. The topological polar surface area (TPSA) is 79.4 Å². The predicted octanol–water partition coefficient (Wildman–Crippen LogP) is 3.02. The van der Waals surface area contributed by atoms with Crippen LogP contribution in [0.2, 0.25) is 0 Å². The molecular formula is C18H21FN4O3S. The number of ether oxygens (including phenoxy) is 1. The second-order valence-corrected chi connectivity index (χ2v) is 6.61. The highest BCUT2D eigenvalue weighted by molar-refractivity contribution is 7.71. The van der Waals surface area contributed by atoms with Crippen LogP contribution in [0, 0.1) is 10.6 Å². The monoisotopic (exact) mass is 392 g/mol. The standard InChI is InChI=1S/C18H21FN4O3S/c1-2-26-18(25)22-9-7-13(8-10-22)21-16(24)15-11-20-17(27)23(15)14-5-3-12(19)4-6-14/h3-6,11,13H,2,7-10H2,1H3,(H,20,27)(H,21,24). The quantitative estimate of drug-likeness (QED) is 0.784. The van der Waals surface area contributed by atoms with Crippen LogP contribution < -0.4 is 5.32 Å². The number of hydrogen-bond donors (Lipinski definition) is 2. The molecule has 2 heterocycles. The summed E-state index contributed by atoms with van der Waals surface area (Å²) in [6, 6.07) is 5.71. The van der Waals surface area contributed by atoms with Gasteiger partial charge in [0.1, 0.15) is 11.5 Å². The van der Waals surface area contributed by atoms with E-state index in [0.717, 1.165) is 0 Å². The Bertz CT molecular complexity index is 869. The third kappa shape index (κ3) is 4.36. The Morgan fingerprint density at radius 1 is 1.30 bits per heavy atom. The first-order chi connectivity index (χ1) is 13.0. The van der Waals surface area contributed by atoms with Gasteiger partial charge < -0.3 is 19.9 Å². The molecule has 1 aliphatic heterocycles.